The first kappa shape index (κ1) is 24.0. The molecule has 4 aromatic rings. The molecule has 7 nitrogen and oxygen atoms in total. The molecule has 1 saturated carbocycles. The van der Waals surface area contributed by atoms with Gasteiger partial charge in [-0.25, -0.2) is 0 Å². The summed E-state index contributed by atoms with van der Waals surface area (Å²) in [5, 5.41) is 23.7. The van der Waals surface area contributed by atoms with Crippen molar-refractivity contribution in [1.29, 1.82) is 0 Å². The second-order valence-electron chi connectivity index (χ2n) is 9.28. The molecule has 2 heterocycles. The zero-order valence-corrected chi connectivity index (χ0v) is 20.2. The third-order valence-electron chi connectivity index (χ3n) is 6.84. The van der Waals surface area contributed by atoms with Gasteiger partial charge in [0.1, 0.15) is 12.4 Å². The van der Waals surface area contributed by atoms with Crippen LogP contribution in [0.2, 0.25) is 0 Å². The van der Waals surface area contributed by atoms with Gasteiger partial charge in [-0.05, 0) is 41.7 Å². The fraction of sp³-hybridized carbons (Fsp3) is 0.310. The van der Waals surface area contributed by atoms with Crippen LogP contribution in [0.4, 0.5) is 0 Å². The van der Waals surface area contributed by atoms with E-state index in [-0.39, 0.29) is 18.2 Å². The molecular formula is C29H31N3O4. The third-order valence-corrected chi connectivity index (χ3v) is 6.84. The summed E-state index contributed by atoms with van der Waals surface area (Å²) >= 11 is 0. The van der Waals surface area contributed by atoms with Crippen molar-refractivity contribution in [3.8, 4) is 28.0 Å². The molecule has 0 radical (unpaired) electrons. The highest BCUT2D eigenvalue weighted by Gasteiger charge is 2.25. The molecule has 0 aliphatic heterocycles. The number of pyridine rings is 1. The van der Waals surface area contributed by atoms with E-state index in [1.807, 2.05) is 60.8 Å². The standard InChI is InChI=1S/C29H31N3O4/c33-16-15-31-19-24(18-30-31)22-11-9-21(10-12-22)20-36-28-8-4-1-5-25(28)23-13-14-32(29(35)17-23)26-6-2-3-7-27(26)34/h1,4-5,8-14,17-19,26-27,33-34H,2-3,6-7,15-16,20H2/t26-,27-/m0/s1. The molecule has 7 heteroatoms. The van der Waals surface area contributed by atoms with Crippen molar-refractivity contribution in [3.63, 3.8) is 0 Å². The first-order chi connectivity index (χ1) is 17.6. The average Bonchev–Trinajstić information content (AvgIpc) is 3.37. The van der Waals surface area contributed by atoms with Gasteiger partial charge in [0, 0.05) is 29.6 Å². The van der Waals surface area contributed by atoms with Crippen LogP contribution in [-0.2, 0) is 13.2 Å². The van der Waals surface area contributed by atoms with Gasteiger partial charge in [-0.3, -0.25) is 9.48 Å². The van der Waals surface area contributed by atoms with Crippen molar-refractivity contribution in [3.05, 3.63) is 95.2 Å². The van der Waals surface area contributed by atoms with Crippen LogP contribution in [0.1, 0.15) is 37.3 Å². The fourth-order valence-electron chi connectivity index (χ4n) is 4.87. The predicted molar refractivity (Wildman–Crippen MR) is 139 cm³/mol. The number of nitrogens with zero attached hydrogens (tertiary/aromatic N) is 3. The van der Waals surface area contributed by atoms with Crippen molar-refractivity contribution >= 4 is 0 Å². The van der Waals surface area contributed by atoms with Crippen molar-refractivity contribution in [2.45, 2.75) is 51.0 Å². The summed E-state index contributed by atoms with van der Waals surface area (Å²) < 4.78 is 9.56. The van der Waals surface area contributed by atoms with Crippen molar-refractivity contribution in [1.82, 2.24) is 14.3 Å². The first-order valence-corrected chi connectivity index (χ1v) is 12.5. The van der Waals surface area contributed by atoms with E-state index in [2.05, 4.69) is 5.10 Å². The van der Waals surface area contributed by atoms with Crippen LogP contribution in [0, 0.1) is 0 Å². The lowest BCUT2D eigenvalue weighted by molar-refractivity contribution is 0.0738. The van der Waals surface area contributed by atoms with E-state index in [4.69, 9.17) is 9.84 Å². The minimum Gasteiger partial charge on any atom is -0.488 e. The Morgan fingerprint density at radius 3 is 2.56 bits per heavy atom. The molecule has 2 N–H and O–H groups in total. The minimum absolute atomic E-state index is 0.0572. The molecule has 1 aliphatic carbocycles. The van der Waals surface area contributed by atoms with Gasteiger partial charge < -0.3 is 19.5 Å². The van der Waals surface area contributed by atoms with Gasteiger partial charge in [0.15, 0.2) is 0 Å². The first-order valence-electron chi connectivity index (χ1n) is 12.5. The number of ether oxygens (including phenoxy) is 1. The Hall–Kier alpha value is -3.68. The van der Waals surface area contributed by atoms with Crippen LogP contribution in [0.3, 0.4) is 0 Å². The maximum atomic E-state index is 12.9. The van der Waals surface area contributed by atoms with E-state index >= 15 is 0 Å². The molecule has 2 aromatic carbocycles. The maximum Gasteiger partial charge on any atom is 0.251 e. The van der Waals surface area contributed by atoms with Gasteiger partial charge in [0.2, 0.25) is 0 Å². The van der Waals surface area contributed by atoms with E-state index < -0.39 is 6.10 Å². The maximum absolute atomic E-state index is 12.9. The van der Waals surface area contributed by atoms with Crippen LogP contribution < -0.4 is 10.3 Å². The number of hydrogen-bond donors (Lipinski definition) is 2. The van der Waals surface area contributed by atoms with Crippen LogP contribution >= 0.6 is 0 Å². The summed E-state index contributed by atoms with van der Waals surface area (Å²) in [6.45, 7) is 0.928. The number of benzene rings is 2. The Bertz CT molecular complexity index is 1360. The molecule has 1 fully saturated rings. The largest absolute Gasteiger partial charge is 0.488 e. The third kappa shape index (κ3) is 5.27. The molecule has 0 spiro atoms. The minimum atomic E-state index is -0.471. The lowest BCUT2D eigenvalue weighted by Crippen LogP contribution is -2.34. The molecular weight excluding hydrogens is 454 g/mol. The van der Waals surface area contributed by atoms with Crippen LogP contribution in [0.25, 0.3) is 22.3 Å². The molecule has 0 amide bonds. The zero-order chi connectivity index (χ0) is 24.9. The number of hydrogen-bond acceptors (Lipinski definition) is 5. The molecule has 2 aromatic heterocycles. The average molecular weight is 486 g/mol. The highest BCUT2D eigenvalue weighted by Crippen LogP contribution is 2.32. The van der Waals surface area contributed by atoms with Crippen molar-refractivity contribution in [2.75, 3.05) is 6.61 Å². The lowest BCUT2D eigenvalue weighted by atomic mass is 9.92. The van der Waals surface area contributed by atoms with E-state index in [1.54, 1.807) is 27.7 Å². The van der Waals surface area contributed by atoms with E-state index in [0.29, 0.717) is 18.9 Å². The molecule has 0 unspecified atom stereocenters. The highest BCUT2D eigenvalue weighted by molar-refractivity contribution is 5.70. The molecule has 36 heavy (non-hydrogen) atoms. The van der Waals surface area contributed by atoms with Crippen molar-refractivity contribution in [2.24, 2.45) is 0 Å². The van der Waals surface area contributed by atoms with Gasteiger partial charge in [-0.15, -0.1) is 0 Å². The molecule has 0 saturated heterocycles. The highest BCUT2D eigenvalue weighted by atomic mass is 16.5. The molecule has 0 bridgehead atoms. The lowest BCUT2D eigenvalue weighted by Gasteiger charge is -2.29. The SMILES string of the molecule is O=c1cc(-c2ccccc2OCc2ccc(-c3cnn(CCO)c3)cc2)ccn1[C@H]1CCCC[C@@H]1O. The van der Waals surface area contributed by atoms with E-state index in [9.17, 15) is 9.90 Å². The van der Waals surface area contributed by atoms with Gasteiger partial charge in [0.25, 0.3) is 5.56 Å². The summed E-state index contributed by atoms with van der Waals surface area (Å²) in [5.41, 5.74) is 4.62. The number of aliphatic hydroxyl groups excluding tert-OH is 2. The Morgan fingerprint density at radius 1 is 0.972 bits per heavy atom. The molecule has 5 rings (SSSR count). The van der Waals surface area contributed by atoms with Crippen molar-refractivity contribution < 1.29 is 14.9 Å². The Kier molecular flexibility index (Phi) is 7.30. The summed E-state index contributed by atoms with van der Waals surface area (Å²) in [6.07, 6.45) is 8.64. The number of aromatic nitrogens is 3. The van der Waals surface area contributed by atoms with Crippen LogP contribution in [-0.4, -0.2) is 37.3 Å². The van der Waals surface area contributed by atoms with Gasteiger partial charge in [0.05, 0.1) is 31.5 Å². The molecule has 186 valence electrons. The van der Waals surface area contributed by atoms with E-state index in [0.717, 1.165) is 53.5 Å². The summed E-state index contributed by atoms with van der Waals surface area (Å²) in [7, 11) is 0. The Labute approximate surface area is 210 Å². The summed E-state index contributed by atoms with van der Waals surface area (Å²) in [4.78, 5) is 12.9. The molecule has 2 atom stereocenters. The monoisotopic (exact) mass is 485 g/mol. The Balaban J connectivity index is 1.30. The molecule has 1 aliphatic rings. The second kappa shape index (κ2) is 10.9. The number of rotatable bonds is 8. The fourth-order valence-corrected chi connectivity index (χ4v) is 4.87. The van der Waals surface area contributed by atoms with Crippen LogP contribution in [0.5, 0.6) is 5.75 Å². The van der Waals surface area contributed by atoms with Gasteiger partial charge in [-0.2, -0.15) is 5.10 Å². The predicted octanol–water partition coefficient (Wildman–Crippen LogP) is 4.43. The van der Waals surface area contributed by atoms with Gasteiger partial charge >= 0.3 is 0 Å². The van der Waals surface area contributed by atoms with E-state index in [1.165, 1.54) is 0 Å². The normalized spacial score (nSPS) is 17.7. The van der Waals surface area contributed by atoms with Gasteiger partial charge in [-0.1, -0.05) is 55.3 Å². The Morgan fingerprint density at radius 2 is 1.78 bits per heavy atom. The summed E-state index contributed by atoms with van der Waals surface area (Å²) in [5.74, 6) is 0.710. The topological polar surface area (TPSA) is 89.5 Å². The number of aliphatic hydroxyl groups is 2. The quantitative estimate of drug-likeness (QED) is 0.386. The summed E-state index contributed by atoms with van der Waals surface area (Å²) in [6, 6.07) is 19.2. The smallest absolute Gasteiger partial charge is 0.251 e. The van der Waals surface area contributed by atoms with Crippen LogP contribution in [0.15, 0.2) is 84.0 Å². The zero-order valence-electron chi connectivity index (χ0n) is 20.2. The number of para-hydroxylation sites is 1. The second-order valence-corrected chi connectivity index (χ2v) is 9.28.